The number of Topliss-reactive ketones (excluding diaryl/α,β-unsaturated/α-hetero) is 1. The average molecular weight is 628 g/mol. The third-order valence-electron chi connectivity index (χ3n) is 7.60. The first kappa shape index (κ1) is 39.2. The second kappa shape index (κ2) is 22.7. The normalized spacial score (nSPS) is 16.8. The van der Waals surface area contributed by atoms with Gasteiger partial charge in [-0.25, -0.2) is 0 Å². The molecular weight excluding hydrogens is 570 g/mol. The fourth-order valence-corrected chi connectivity index (χ4v) is 4.69. The summed E-state index contributed by atoms with van der Waals surface area (Å²) in [7, 11) is 1.67. The fourth-order valence-electron chi connectivity index (χ4n) is 4.69. The van der Waals surface area contributed by atoms with Crippen LogP contribution in [0, 0.1) is 6.92 Å². The Morgan fingerprint density at radius 2 is 1.56 bits per heavy atom. The van der Waals surface area contributed by atoms with Crippen LogP contribution in [0.2, 0.25) is 0 Å². The molecule has 0 radical (unpaired) electrons. The Balaban J connectivity index is 0.000000344. The van der Waals surface area contributed by atoms with E-state index in [4.69, 9.17) is 4.84 Å². The van der Waals surface area contributed by atoms with Crippen LogP contribution >= 0.6 is 0 Å². The highest BCUT2D eigenvalue weighted by molar-refractivity contribution is 5.90. The molecule has 10 heteroatoms. The molecule has 0 aliphatic carbocycles. The molecule has 0 bridgehead atoms. The van der Waals surface area contributed by atoms with Crippen molar-refractivity contribution in [1.29, 1.82) is 0 Å². The molecule has 0 saturated carbocycles. The smallest absolute Gasteiger partial charge is 0.243 e. The number of amides is 3. The summed E-state index contributed by atoms with van der Waals surface area (Å²) < 4.78 is 1.78. The van der Waals surface area contributed by atoms with E-state index in [2.05, 4.69) is 56.3 Å². The Labute approximate surface area is 270 Å². The number of carbonyl (C=O) groups excluding carboxylic acids is 4. The summed E-state index contributed by atoms with van der Waals surface area (Å²) in [5, 5.41) is 9.01. The number of nitrogens with one attached hydrogen (secondary N) is 3. The second-order valence-electron chi connectivity index (χ2n) is 11.2. The van der Waals surface area contributed by atoms with Gasteiger partial charge in [0, 0.05) is 36.7 Å². The van der Waals surface area contributed by atoms with Gasteiger partial charge in [0.05, 0.1) is 25.2 Å². The fraction of sp³-hybridized carbons (Fsp3) is 0.600. The maximum absolute atomic E-state index is 12.2. The largest absolute Gasteiger partial charge is 0.417 e. The number of ketones is 1. The van der Waals surface area contributed by atoms with Crippen LogP contribution in [0.15, 0.2) is 42.7 Å². The minimum Gasteiger partial charge on any atom is -0.417 e. The summed E-state index contributed by atoms with van der Waals surface area (Å²) in [6, 6.07) is 7.89. The number of piperidine rings is 1. The number of aromatic nitrogens is 1. The van der Waals surface area contributed by atoms with E-state index >= 15 is 0 Å². The van der Waals surface area contributed by atoms with Gasteiger partial charge in [-0.2, -0.15) is 4.73 Å². The molecule has 3 heterocycles. The third-order valence-corrected chi connectivity index (χ3v) is 7.60. The molecule has 45 heavy (non-hydrogen) atoms. The average Bonchev–Trinajstić information content (AvgIpc) is 3.40. The Morgan fingerprint density at radius 3 is 2.18 bits per heavy atom. The van der Waals surface area contributed by atoms with E-state index in [9.17, 15) is 19.2 Å². The van der Waals surface area contributed by atoms with Crippen LogP contribution in [-0.4, -0.2) is 72.5 Å². The lowest BCUT2D eigenvalue weighted by Crippen LogP contribution is -2.53. The number of nitrogens with zero attached hydrogens (tertiary/aromatic N) is 2. The van der Waals surface area contributed by atoms with Gasteiger partial charge in [-0.05, 0) is 44.2 Å². The maximum atomic E-state index is 12.2. The summed E-state index contributed by atoms with van der Waals surface area (Å²) >= 11 is 0. The summed E-state index contributed by atoms with van der Waals surface area (Å²) in [5.74, 6) is -0.383. The van der Waals surface area contributed by atoms with Crippen molar-refractivity contribution in [1.82, 2.24) is 25.6 Å². The Hall–Kier alpha value is -3.82. The highest BCUT2D eigenvalue weighted by atomic mass is 16.6. The maximum Gasteiger partial charge on any atom is 0.243 e. The molecule has 3 amide bonds. The number of fused-ring (bicyclic) bond motifs is 2. The number of hydrogen-bond acceptors (Lipinski definition) is 6. The first-order valence-electron chi connectivity index (χ1n) is 16.5. The molecule has 1 aromatic heterocycles. The van der Waals surface area contributed by atoms with Gasteiger partial charge in [-0.3, -0.25) is 19.2 Å². The first-order valence-corrected chi connectivity index (χ1v) is 16.5. The van der Waals surface area contributed by atoms with E-state index in [0.29, 0.717) is 18.7 Å². The molecule has 2 saturated heterocycles. The summed E-state index contributed by atoms with van der Waals surface area (Å²) in [6.07, 6.45) is 12.3. The molecule has 3 N–H and O–H groups in total. The Bertz CT molecular complexity index is 1170. The second-order valence-corrected chi connectivity index (χ2v) is 11.2. The van der Waals surface area contributed by atoms with Crippen molar-refractivity contribution in [3.05, 3.63) is 48.3 Å². The lowest BCUT2D eigenvalue weighted by molar-refractivity contribution is -0.130. The summed E-state index contributed by atoms with van der Waals surface area (Å²) in [4.78, 5) is 53.0. The standard InChI is InChI=1S/C13H20N4O3.C10H11NO.C8H16O.C4H10/c1-9-6-14-11(18)7-15-12(19)8-16-13(20)10-4-2-3-5-17(9)10;1-8-7-11(12-2)10-6-4-3-5-9(8)10;1-3-5-6-7-8(9)4-2;1-3-4-2/h10H,1-8H2,(H,14,18)(H,15,19)(H,16,20);3-7H,1-2H3;3-7H2,1-2H3;3-4H2,1-2H3. The predicted octanol–water partition coefficient (Wildman–Crippen LogP) is 5.08. The van der Waals surface area contributed by atoms with Gasteiger partial charge in [-0.1, -0.05) is 78.2 Å². The van der Waals surface area contributed by atoms with Crippen molar-refractivity contribution < 1.29 is 24.0 Å². The predicted molar refractivity (Wildman–Crippen MR) is 182 cm³/mol. The molecule has 252 valence electrons. The third kappa shape index (κ3) is 14.7. The first-order chi connectivity index (χ1) is 21.6. The minimum absolute atomic E-state index is 0.0919. The van der Waals surface area contributed by atoms with E-state index in [1.807, 2.05) is 36.2 Å². The summed E-state index contributed by atoms with van der Waals surface area (Å²) in [6.45, 7) is 15.3. The molecule has 0 spiro atoms. The molecule has 2 aromatic rings. The molecule has 1 atom stereocenters. The van der Waals surface area contributed by atoms with Crippen molar-refractivity contribution in [2.75, 3.05) is 33.3 Å². The number of aryl methyl sites for hydroxylation is 1. The van der Waals surface area contributed by atoms with Crippen LogP contribution < -0.4 is 20.8 Å². The van der Waals surface area contributed by atoms with Gasteiger partial charge in [0.25, 0.3) is 0 Å². The van der Waals surface area contributed by atoms with Crippen molar-refractivity contribution in [2.24, 2.45) is 0 Å². The SMILES string of the molecule is C=C1CNC(=O)CNC(=O)CNC(=O)C2CCCCN12.CCCC.CCCCCC(=O)CC.COn1cc(C)c2ccccc21. The monoisotopic (exact) mass is 627 g/mol. The molecule has 10 nitrogen and oxygen atoms in total. The number of hydrogen-bond donors (Lipinski definition) is 3. The molecule has 1 unspecified atom stereocenters. The Kier molecular flexibility index (Phi) is 19.7. The zero-order chi connectivity index (χ0) is 33.6. The Morgan fingerprint density at radius 1 is 0.911 bits per heavy atom. The topological polar surface area (TPSA) is 122 Å². The lowest BCUT2D eigenvalue weighted by Gasteiger charge is -2.37. The molecule has 2 aliphatic rings. The van der Waals surface area contributed by atoms with Gasteiger partial charge < -0.3 is 25.7 Å². The number of rotatable bonds is 7. The molecular formula is C35H57N5O5. The lowest BCUT2D eigenvalue weighted by atomic mass is 10.0. The van der Waals surface area contributed by atoms with Gasteiger partial charge in [-0.15, -0.1) is 0 Å². The number of unbranched alkanes of at least 4 members (excludes halogenated alkanes) is 3. The van der Waals surface area contributed by atoms with Gasteiger partial charge in [0.2, 0.25) is 17.7 Å². The van der Waals surface area contributed by atoms with Crippen LogP contribution in [0.4, 0.5) is 0 Å². The van der Waals surface area contributed by atoms with E-state index < -0.39 is 0 Å². The van der Waals surface area contributed by atoms with E-state index in [1.54, 1.807) is 11.8 Å². The van der Waals surface area contributed by atoms with Gasteiger partial charge in [0.1, 0.15) is 18.9 Å². The quantitative estimate of drug-likeness (QED) is 0.369. The van der Waals surface area contributed by atoms with E-state index in [1.165, 1.54) is 36.6 Å². The van der Waals surface area contributed by atoms with Crippen molar-refractivity contribution in [3.8, 4) is 0 Å². The zero-order valence-corrected chi connectivity index (χ0v) is 28.5. The highest BCUT2D eigenvalue weighted by Crippen LogP contribution is 2.21. The van der Waals surface area contributed by atoms with Crippen molar-refractivity contribution in [2.45, 2.75) is 105 Å². The summed E-state index contributed by atoms with van der Waals surface area (Å²) in [5.41, 5.74) is 3.09. The number of para-hydroxylation sites is 1. The van der Waals surface area contributed by atoms with Crippen LogP contribution in [0.3, 0.4) is 0 Å². The number of benzene rings is 1. The minimum atomic E-state index is -0.366. The van der Waals surface area contributed by atoms with Crippen LogP contribution in [0.5, 0.6) is 0 Å². The van der Waals surface area contributed by atoms with Gasteiger partial charge in [0.15, 0.2) is 0 Å². The number of carbonyl (C=O) groups is 4. The molecule has 2 aliphatic heterocycles. The highest BCUT2D eigenvalue weighted by Gasteiger charge is 2.30. The van der Waals surface area contributed by atoms with Crippen molar-refractivity contribution >= 4 is 34.4 Å². The van der Waals surface area contributed by atoms with Crippen LogP contribution in [-0.2, 0) is 19.2 Å². The molecule has 2 fully saturated rings. The van der Waals surface area contributed by atoms with Crippen molar-refractivity contribution in [3.63, 3.8) is 0 Å². The van der Waals surface area contributed by atoms with Crippen LogP contribution in [0.1, 0.15) is 97.5 Å². The van der Waals surface area contributed by atoms with E-state index in [0.717, 1.165) is 49.9 Å². The molecule has 1 aromatic carbocycles. The molecule has 4 rings (SSSR count). The van der Waals surface area contributed by atoms with Crippen LogP contribution in [0.25, 0.3) is 10.9 Å². The van der Waals surface area contributed by atoms with E-state index in [-0.39, 0.29) is 36.9 Å². The van der Waals surface area contributed by atoms with Gasteiger partial charge >= 0.3 is 0 Å². The zero-order valence-electron chi connectivity index (χ0n) is 28.5.